The third-order valence-corrected chi connectivity index (χ3v) is 4.16. The van der Waals surface area contributed by atoms with Crippen molar-refractivity contribution in [3.63, 3.8) is 0 Å². The molecular formula is C21H24BrN3O9. The van der Waals surface area contributed by atoms with Crippen LogP contribution < -0.4 is 16.0 Å². The number of rotatable bonds is 8. The summed E-state index contributed by atoms with van der Waals surface area (Å²) in [6.07, 6.45) is 0. The molecular weight excluding hydrogens is 518 g/mol. The van der Waals surface area contributed by atoms with Crippen molar-refractivity contribution < 1.29 is 44.4 Å². The lowest BCUT2D eigenvalue weighted by Gasteiger charge is -2.25. The smallest absolute Gasteiger partial charge is 0.414 e. The van der Waals surface area contributed by atoms with Crippen LogP contribution in [0.25, 0.3) is 0 Å². The summed E-state index contributed by atoms with van der Waals surface area (Å²) in [6, 6.07) is 18.6. The average molecular weight is 542 g/mol. The molecule has 184 valence electrons. The monoisotopic (exact) mass is 541 g/mol. The third kappa shape index (κ3) is 14.9. The van der Waals surface area contributed by atoms with Crippen LogP contribution in [0.3, 0.4) is 0 Å². The second-order valence-electron chi connectivity index (χ2n) is 6.25. The highest BCUT2D eigenvalue weighted by atomic mass is 79.9. The molecule has 0 aromatic heterocycles. The Morgan fingerprint density at radius 1 is 0.794 bits per heavy atom. The Morgan fingerprint density at radius 3 is 1.68 bits per heavy atom. The van der Waals surface area contributed by atoms with E-state index in [1.54, 1.807) is 0 Å². The molecule has 2 rings (SSSR count). The number of carboxylic acids is 4. The number of halogens is 1. The van der Waals surface area contributed by atoms with Crippen molar-refractivity contribution in [3.05, 3.63) is 64.6 Å². The van der Waals surface area contributed by atoms with Gasteiger partial charge in [0.05, 0.1) is 6.54 Å². The second-order valence-corrected chi connectivity index (χ2v) is 7.16. The van der Waals surface area contributed by atoms with Crippen molar-refractivity contribution in [1.29, 1.82) is 0 Å². The Balaban J connectivity index is 0.000000750. The minimum atomic E-state index is -1.82. The molecule has 0 atom stereocenters. The number of nitrogens with one attached hydrogen (secondary N) is 1. The van der Waals surface area contributed by atoms with Crippen molar-refractivity contribution in [2.75, 3.05) is 24.5 Å². The molecule has 2 aromatic rings. The van der Waals surface area contributed by atoms with E-state index < -0.39 is 23.9 Å². The Bertz CT molecular complexity index is 906. The summed E-state index contributed by atoms with van der Waals surface area (Å²) in [4.78, 5) is 49.5. The number of hydrogen-bond acceptors (Lipinski definition) is 7. The topological polar surface area (TPSA) is 208 Å². The van der Waals surface area contributed by atoms with E-state index in [1.807, 2.05) is 30.3 Å². The van der Waals surface area contributed by atoms with Crippen molar-refractivity contribution in [2.24, 2.45) is 5.73 Å². The lowest BCUT2D eigenvalue weighted by atomic mass is 10.2. The molecule has 0 aliphatic carbocycles. The van der Waals surface area contributed by atoms with E-state index in [-0.39, 0.29) is 12.5 Å². The molecule has 0 saturated carbocycles. The van der Waals surface area contributed by atoms with E-state index in [4.69, 9.17) is 45.3 Å². The summed E-state index contributed by atoms with van der Waals surface area (Å²) in [5.74, 6) is -7.63. The molecule has 0 fully saturated rings. The summed E-state index contributed by atoms with van der Waals surface area (Å²) in [6.45, 7) is 2.52. The van der Waals surface area contributed by atoms with E-state index >= 15 is 0 Å². The van der Waals surface area contributed by atoms with Gasteiger partial charge in [-0.15, -0.1) is 0 Å². The van der Waals surface area contributed by atoms with Crippen LogP contribution in [0.4, 0.5) is 5.69 Å². The van der Waals surface area contributed by atoms with Gasteiger partial charge in [0.15, 0.2) is 0 Å². The highest BCUT2D eigenvalue weighted by Gasteiger charge is 2.08. The summed E-state index contributed by atoms with van der Waals surface area (Å²) < 4.78 is 1.06. The maximum Gasteiger partial charge on any atom is 0.414 e. The summed E-state index contributed by atoms with van der Waals surface area (Å²) >= 11 is 3.46. The number of aliphatic carboxylic acids is 4. The third-order valence-electron chi connectivity index (χ3n) is 3.63. The van der Waals surface area contributed by atoms with Gasteiger partial charge in [-0.05, 0) is 29.8 Å². The van der Waals surface area contributed by atoms with Gasteiger partial charge in [0, 0.05) is 29.8 Å². The highest BCUT2D eigenvalue weighted by Crippen LogP contribution is 2.20. The fourth-order valence-corrected chi connectivity index (χ4v) is 2.45. The Kier molecular flexibility index (Phi) is 14.7. The van der Waals surface area contributed by atoms with Crippen molar-refractivity contribution in [1.82, 2.24) is 5.32 Å². The molecule has 0 heterocycles. The molecule has 0 saturated heterocycles. The molecule has 0 aliphatic rings. The summed E-state index contributed by atoms with van der Waals surface area (Å²) in [5, 5.41) is 32.6. The van der Waals surface area contributed by atoms with Crippen LogP contribution in [0.15, 0.2) is 59.1 Å². The number of primary amides is 1. The first-order valence-corrected chi connectivity index (χ1v) is 10.2. The van der Waals surface area contributed by atoms with E-state index in [0.717, 1.165) is 23.2 Å². The first kappa shape index (κ1) is 30.0. The molecule has 0 radical (unpaired) electrons. The Morgan fingerprint density at radius 2 is 1.26 bits per heavy atom. The van der Waals surface area contributed by atoms with E-state index in [1.165, 1.54) is 5.56 Å². The van der Waals surface area contributed by atoms with Crippen molar-refractivity contribution >= 4 is 51.4 Å². The zero-order valence-corrected chi connectivity index (χ0v) is 19.3. The van der Waals surface area contributed by atoms with Crippen LogP contribution in [0.2, 0.25) is 0 Å². The van der Waals surface area contributed by atoms with Crippen molar-refractivity contribution in [2.45, 2.75) is 6.54 Å². The molecule has 0 unspecified atom stereocenters. The van der Waals surface area contributed by atoms with Gasteiger partial charge in [0.1, 0.15) is 0 Å². The largest absolute Gasteiger partial charge is 0.473 e. The summed E-state index contributed by atoms with van der Waals surface area (Å²) in [5.41, 5.74) is 7.54. The molecule has 2 aromatic carbocycles. The number of hydrogen-bond donors (Lipinski definition) is 6. The van der Waals surface area contributed by atoms with Gasteiger partial charge < -0.3 is 36.4 Å². The maximum atomic E-state index is 10.8. The Hall–Kier alpha value is -3.97. The minimum Gasteiger partial charge on any atom is -0.473 e. The standard InChI is InChI=1S/C17H20BrN3O.2C2H2O4/c18-15-6-8-16(9-7-15)21(11-10-20-12-17(19)22)13-14-4-2-1-3-5-14;2*3-1(4)2(5)6/h1-9,20H,10-13H2,(H2,19,22);2*(H,3,4)(H,5,6). The number of nitrogens with zero attached hydrogens (tertiary/aromatic N) is 1. The fourth-order valence-electron chi connectivity index (χ4n) is 2.18. The number of benzene rings is 2. The molecule has 13 heteroatoms. The molecule has 1 amide bonds. The number of amides is 1. The van der Waals surface area contributed by atoms with Gasteiger partial charge in [-0.2, -0.15) is 0 Å². The molecule has 12 nitrogen and oxygen atoms in total. The highest BCUT2D eigenvalue weighted by molar-refractivity contribution is 9.10. The van der Waals surface area contributed by atoms with Crippen molar-refractivity contribution in [3.8, 4) is 0 Å². The fraction of sp³-hybridized carbons (Fsp3) is 0.190. The maximum absolute atomic E-state index is 10.8. The van der Waals surface area contributed by atoms with Crippen LogP contribution in [-0.2, 0) is 30.5 Å². The molecule has 34 heavy (non-hydrogen) atoms. The number of nitrogens with two attached hydrogens (primary N) is 1. The number of carbonyl (C=O) groups excluding carboxylic acids is 1. The van der Waals surface area contributed by atoms with Crippen LogP contribution in [-0.4, -0.2) is 69.8 Å². The quantitative estimate of drug-likeness (QED) is 0.203. The number of carboxylic acid groups (broad SMARTS) is 4. The normalized spacial score (nSPS) is 9.32. The lowest BCUT2D eigenvalue weighted by Crippen LogP contribution is -2.36. The van der Waals surface area contributed by atoms with Gasteiger partial charge in [-0.25, -0.2) is 19.2 Å². The molecule has 7 N–H and O–H groups in total. The summed E-state index contributed by atoms with van der Waals surface area (Å²) in [7, 11) is 0. The lowest BCUT2D eigenvalue weighted by molar-refractivity contribution is -0.159. The van der Waals surface area contributed by atoms with Gasteiger partial charge >= 0.3 is 23.9 Å². The minimum absolute atomic E-state index is 0.208. The predicted molar refractivity (Wildman–Crippen MR) is 124 cm³/mol. The molecule has 0 aliphatic heterocycles. The SMILES string of the molecule is NC(=O)CNCCN(Cc1ccccc1)c1ccc(Br)cc1.O=C(O)C(=O)O.O=C(O)C(=O)O. The van der Waals surface area contributed by atoms with E-state index in [9.17, 15) is 4.79 Å². The van der Waals surface area contributed by atoms with Crippen LogP contribution in [0, 0.1) is 0 Å². The number of carbonyl (C=O) groups is 5. The average Bonchev–Trinajstić information content (AvgIpc) is 2.77. The van der Waals surface area contributed by atoms with E-state index in [0.29, 0.717) is 6.54 Å². The van der Waals surface area contributed by atoms with E-state index in [2.05, 4.69) is 50.4 Å². The van der Waals surface area contributed by atoms with Crippen LogP contribution in [0.1, 0.15) is 5.56 Å². The number of anilines is 1. The Labute approximate surface area is 202 Å². The zero-order valence-electron chi connectivity index (χ0n) is 17.8. The molecule has 0 spiro atoms. The first-order valence-electron chi connectivity index (χ1n) is 9.40. The van der Waals surface area contributed by atoms with Gasteiger partial charge in [-0.3, -0.25) is 4.79 Å². The zero-order chi connectivity index (χ0) is 26.1. The van der Waals surface area contributed by atoms with Gasteiger partial charge in [-0.1, -0.05) is 46.3 Å². The second kappa shape index (κ2) is 16.6. The van der Waals surface area contributed by atoms with Crippen LogP contribution >= 0.6 is 15.9 Å². The van der Waals surface area contributed by atoms with Gasteiger partial charge in [0.2, 0.25) is 5.91 Å². The predicted octanol–water partition coefficient (Wildman–Crippen LogP) is 0.842. The van der Waals surface area contributed by atoms with Crippen LogP contribution in [0.5, 0.6) is 0 Å². The molecule has 0 bridgehead atoms. The first-order chi connectivity index (χ1) is 15.9. The van der Waals surface area contributed by atoms with Gasteiger partial charge in [0.25, 0.3) is 0 Å².